The van der Waals surface area contributed by atoms with Gasteiger partial charge in [-0.25, -0.2) is 4.98 Å². The summed E-state index contributed by atoms with van der Waals surface area (Å²) in [4.78, 5) is 15.2. The number of carbonyl (C=O) groups excluding carboxylic acids is 1. The monoisotopic (exact) mass is 187 g/mol. The second-order valence-corrected chi connectivity index (χ2v) is 3.46. The predicted molar refractivity (Wildman–Crippen MR) is 50.7 cm³/mol. The molecule has 70 valence electrons. The number of pyridine rings is 1. The maximum Gasteiger partial charge on any atom is 0.223 e. The molecular weight excluding hydrogens is 178 g/mol. The molecular formula is C10H9N3O. The Hall–Kier alpha value is -1.84. The predicted octanol–water partition coefficient (Wildman–Crippen LogP) is 0.895. The van der Waals surface area contributed by atoms with Gasteiger partial charge in [0.2, 0.25) is 5.91 Å². The number of aromatic nitrogens is 2. The van der Waals surface area contributed by atoms with E-state index in [4.69, 9.17) is 0 Å². The highest BCUT2D eigenvalue weighted by molar-refractivity contribution is 5.83. The average Bonchev–Trinajstić information content (AvgIpc) is 2.55. The number of nitrogens with one attached hydrogen (secondary N) is 1. The summed E-state index contributed by atoms with van der Waals surface area (Å²) in [6.45, 7) is 0. The minimum absolute atomic E-state index is 0.104. The van der Waals surface area contributed by atoms with Crippen molar-refractivity contribution in [3.8, 4) is 0 Å². The molecule has 1 unspecified atom stereocenters. The fourth-order valence-electron chi connectivity index (χ4n) is 1.66. The van der Waals surface area contributed by atoms with Crippen LogP contribution in [0.1, 0.15) is 18.2 Å². The molecule has 1 amide bonds. The lowest BCUT2D eigenvalue weighted by molar-refractivity contribution is -0.128. The Morgan fingerprint density at radius 1 is 1.50 bits per heavy atom. The Bertz CT molecular complexity index is 462. The van der Waals surface area contributed by atoms with Crippen LogP contribution in [0.25, 0.3) is 5.65 Å². The molecule has 0 saturated carbocycles. The zero-order valence-electron chi connectivity index (χ0n) is 7.47. The van der Waals surface area contributed by atoms with E-state index < -0.39 is 0 Å². The lowest BCUT2D eigenvalue weighted by Crippen LogP contribution is -2.41. The smallest absolute Gasteiger partial charge is 0.223 e. The van der Waals surface area contributed by atoms with Crippen LogP contribution < -0.4 is 5.32 Å². The molecule has 0 aliphatic carbocycles. The first-order chi connectivity index (χ1) is 6.83. The van der Waals surface area contributed by atoms with Crippen LogP contribution in [-0.2, 0) is 4.79 Å². The van der Waals surface area contributed by atoms with Gasteiger partial charge in [-0.3, -0.25) is 4.79 Å². The summed E-state index contributed by atoms with van der Waals surface area (Å²) < 4.78 is 1.96. The van der Waals surface area contributed by atoms with Crippen molar-refractivity contribution in [2.45, 2.75) is 12.5 Å². The minimum Gasteiger partial charge on any atom is -0.347 e. The van der Waals surface area contributed by atoms with Gasteiger partial charge in [0.25, 0.3) is 0 Å². The third-order valence-electron chi connectivity index (χ3n) is 2.46. The molecule has 3 rings (SSSR count). The Kier molecular flexibility index (Phi) is 1.39. The maximum atomic E-state index is 10.8. The van der Waals surface area contributed by atoms with E-state index in [1.807, 2.05) is 35.0 Å². The highest BCUT2D eigenvalue weighted by atomic mass is 16.2. The second-order valence-electron chi connectivity index (χ2n) is 3.46. The summed E-state index contributed by atoms with van der Waals surface area (Å²) in [6.07, 6.45) is 4.47. The highest BCUT2D eigenvalue weighted by Gasteiger charge is 2.28. The van der Waals surface area contributed by atoms with Crippen molar-refractivity contribution in [1.29, 1.82) is 0 Å². The molecule has 4 nitrogen and oxygen atoms in total. The van der Waals surface area contributed by atoms with Crippen molar-refractivity contribution < 1.29 is 4.79 Å². The molecule has 1 saturated heterocycles. The summed E-state index contributed by atoms with van der Waals surface area (Å²) in [6, 6.07) is 5.97. The number of rotatable bonds is 1. The van der Waals surface area contributed by atoms with Crippen LogP contribution in [0.15, 0.2) is 30.6 Å². The van der Waals surface area contributed by atoms with Gasteiger partial charge in [-0.2, -0.15) is 0 Å². The van der Waals surface area contributed by atoms with E-state index >= 15 is 0 Å². The second kappa shape index (κ2) is 2.57. The Morgan fingerprint density at radius 2 is 2.36 bits per heavy atom. The highest BCUT2D eigenvalue weighted by Crippen LogP contribution is 2.22. The fourth-order valence-corrected chi connectivity index (χ4v) is 1.66. The van der Waals surface area contributed by atoms with Gasteiger partial charge in [-0.1, -0.05) is 6.07 Å². The van der Waals surface area contributed by atoms with E-state index in [0.29, 0.717) is 6.42 Å². The van der Waals surface area contributed by atoms with Crippen LogP contribution in [0.3, 0.4) is 0 Å². The Balaban J connectivity index is 2.02. The van der Waals surface area contributed by atoms with Crippen LogP contribution >= 0.6 is 0 Å². The molecule has 3 heterocycles. The topological polar surface area (TPSA) is 46.4 Å². The third-order valence-corrected chi connectivity index (χ3v) is 2.46. The molecule has 1 N–H and O–H groups in total. The number of fused-ring (bicyclic) bond motifs is 1. The van der Waals surface area contributed by atoms with Crippen LogP contribution in [0.2, 0.25) is 0 Å². The van der Waals surface area contributed by atoms with E-state index in [1.165, 1.54) is 0 Å². The van der Waals surface area contributed by atoms with Crippen molar-refractivity contribution in [2.75, 3.05) is 0 Å². The first kappa shape index (κ1) is 7.55. The van der Waals surface area contributed by atoms with Gasteiger partial charge in [0, 0.05) is 12.4 Å². The van der Waals surface area contributed by atoms with Gasteiger partial charge >= 0.3 is 0 Å². The summed E-state index contributed by atoms with van der Waals surface area (Å²) in [5.41, 5.74) is 1.86. The lowest BCUT2D eigenvalue weighted by atomic mass is 10.0. The van der Waals surface area contributed by atoms with Crippen LogP contribution in [0, 0.1) is 0 Å². The van der Waals surface area contributed by atoms with Gasteiger partial charge < -0.3 is 9.72 Å². The normalized spacial score (nSPS) is 20.6. The van der Waals surface area contributed by atoms with Gasteiger partial charge in [0.1, 0.15) is 5.65 Å². The number of carbonyl (C=O) groups is 1. The minimum atomic E-state index is 0.104. The number of β-lactam (4-membered cyclic amide) rings is 1. The van der Waals surface area contributed by atoms with Crippen LogP contribution in [-0.4, -0.2) is 15.3 Å². The van der Waals surface area contributed by atoms with Crippen molar-refractivity contribution in [2.24, 2.45) is 0 Å². The molecule has 1 atom stereocenters. The first-order valence-electron chi connectivity index (χ1n) is 4.56. The van der Waals surface area contributed by atoms with Gasteiger partial charge in [-0.15, -0.1) is 0 Å². The van der Waals surface area contributed by atoms with E-state index in [2.05, 4.69) is 10.3 Å². The Labute approximate surface area is 80.6 Å². The van der Waals surface area contributed by atoms with E-state index in [-0.39, 0.29) is 11.9 Å². The van der Waals surface area contributed by atoms with Gasteiger partial charge in [-0.05, 0) is 12.1 Å². The molecule has 0 bridgehead atoms. The number of amides is 1. The zero-order valence-corrected chi connectivity index (χ0v) is 7.47. The SMILES string of the molecule is O=C1CC(c2cn3ccccc3n2)N1. The largest absolute Gasteiger partial charge is 0.347 e. The van der Waals surface area contributed by atoms with Crippen molar-refractivity contribution in [3.63, 3.8) is 0 Å². The zero-order chi connectivity index (χ0) is 9.54. The molecule has 4 heteroatoms. The first-order valence-corrected chi connectivity index (χ1v) is 4.56. The summed E-state index contributed by atoms with van der Waals surface area (Å²) in [7, 11) is 0. The lowest BCUT2D eigenvalue weighted by Gasteiger charge is -2.24. The molecule has 0 aromatic carbocycles. The molecule has 2 aromatic rings. The number of imidazole rings is 1. The maximum absolute atomic E-state index is 10.8. The number of hydrogen-bond donors (Lipinski definition) is 1. The van der Waals surface area contributed by atoms with Gasteiger partial charge in [0.05, 0.1) is 18.2 Å². The Morgan fingerprint density at radius 3 is 3.07 bits per heavy atom. The molecule has 14 heavy (non-hydrogen) atoms. The van der Waals surface area contributed by atoms with E-state index in [0.717, 1.165) is 11.3 Å². The average molecular weight is 187 g/mol. The van der Waals surface area contributed by atoms with Crippen molar-refractivity contribution >= 4 is 11.6 Å². The quantitative estimate of drug-likeness (QED) is 0.674. The summed E-state index contributed by atoms with van der Waals surface area (Å²) in [5.74, 6) is 0.104. The summed E-state index contributed by atoms with van der Waals surface area (Å²) in [5, 5.41) is 2.81. The fraction of sp³-hybridized carbons (Fsp3) is 0.200. The molecule has 2 aromatic heterocycles. The third kappa shape index (κ3) is 1.00. The van der Waals surface area contributed by atoms with Crippen molar-refractivity contribution in [3.05, 3.63) is 36.3 Å². The molecule has 1 aliphatic heterocycles. The van der Waals surface area contributed by atoms with Gasteiger partial charge in [0.15, 0.2) is 0 Å². The number of nitrogens with zero attached hydrogens (tertiary/aromatic N) is 2. The van der Waals surface area contributed by atoms with E-state index in [9.17, 15) is 4.79 Å². The van der Waals surface area contributed by atoms with Crippen LogP contribution in [0.5, 0.6) is 0 Å². The molecule has 0 radical (unpaired) electrons. The summed E-state index contributed by atoms with van der Waals surface area (Å²) >= 11 is 0. The molecule has 0 spiro atoms. The van der Waals surface area contributed by atoms with E-state index in [1.54, 1.807) is 0 Å². The van der Waals surface area contributed by atoms with Crippen molar-refractivity contribution in [1.82, 2.24) is 14.7 Å². The van der Waals surface area contributed by atoms with Crippen LogP contribution in [0.4, 0.5) is 0 Å². The number of hydrogen-bond acceptors (Lipinski definition) is 2. The molecule has 1 aliphatic rings. The standard InChI is InChI=1S/C10H9N3O/c14-10-5-7(12-10)8-6-13-4-2-1-3-9(13)11-8/h1-4,6-7H,5H2,(H,12,14). The molecule has 1 fully saturated rings.